The summed E-state index contributed by atoms with van der Waals surface area (Å²) in [7, 11) is 3.18. The summed E-state index contributed by atoms with van der Waals surface area (Å²) in [6.45, 7) is 8.07. The highest BCUT2D eigenvalue weighted by Gasteiger charge is 2.33. The second-order valence-electron chi connectivity index (χ2n) is 9.42. The normalized spacial score (nSPS) is 15.2. The fourth-order valence-corrected chi connectivity index (χ4v) is 5.38. The SMILES string of the molecule is CCCCOc1ccc(/C=c2\sc3n(c2=O)[C@@H](c2ccc(OC)cc2)C(C(=O)OC(C)C)=C(C)N=3)cc1OC. The number of fused-ring (bicyclic) bond motifs is 1. The highest BCUT2D eigenvalue weighted by Crippen LogP contribution is 2.32. The van der Waals surface area contributed by atoms with Gasteiger partial charge >= 0.3 is 5.97 Å². The Labute approximate surface area is 231 Å². The molecule has 1 aromatic heterocycles. The molecule has 0 fully saturated rings. The molecule has 1 aliphatic heterocycles. The van der Waals surface area contributed by atoms with Gasteiger partial charge in [0.2, 0.25) is 0 Å². The Balaban J connectivity index is 1.83. The molecule has 8 nitrogen and oxygen atoms in total. The summed E-state index contributed by atoms with van der Waals surface area (Å²) >= 11 is 1.27. The molecule has 0 aliphatic carbocycles. The number of esters is 1. The summed E-state index contributed by atoms with van der Waals surface area (Å²) in [5.41, 5.74) is 2.15. The zero-order valence-electron chi connectivity index (χ0n) is 23.1. The van der Waals surface area contributed by atoms with Gasteiger partial charge in [0.05, 0.1) is 48.8 Å². The number of carbonyl (C=O) groups is 1. The standard InChI is InChI=1S/C30H34N2O6S/c1-7-8-15-37-23-14-9-20(16-24(23)36-6)17-25-28(33)32-27(21-10-12-22(35-5)13-11-21)26(29(34)38-18(2)3)19(4)31-30(32)39-25/h9-14,16-18,27H,7-8,15H2,1-6H3/b25-17-/t27-/m0/s1. The molecule has 1 atom stereocenters. The van der Waals surface area contributed by atoms with Gasteiger partial charge in [0.1, 0.15) is 5.75 Å². The summed E-state index contributed by atoms with van der Waals surface area (Å²) in [4.78, 5) is 32.2. The van der Waals surface area contributed by atoms with Gasteiger partial charge in [-0.25, -0.2) is 9.79 Å². The van der Waals surface area contributed by atoms with Crippen molar-refractivity contribution in [3.8, 4) is 17.2 Å². The highest BCUT2D eigenvalue weighted by atomic mass is 32.1. The second-order valence-corrected chi connectivity index (χ2v) is 10.4. The van der Waals surface area contributed by atoms with E-state index in [0.717, 1.165) is 24.0 Å². The van der Waals surface area contributed by atoms with E-state index in [1.807, 2.05) is 42.5 Å². The summed E-state index contributed by atoms with van der Waals surface area (Å²) in [6.07, 6.45) is 3.48. The zero-order chi connectivity index (χ0) is 28.1. The largest absolute Gasteiger partial charge is 0.497 e. The third kappa shape index (κ3) is 6.09. The Kier molecular flexibility index (Phi) is 8.91. The first-order chi connectivity index (χ1) is 18.8. The molecule has 1 aliphatic rings. The van der Waals surface area contributed by atoms with Crippen LogP contribution in [0.3, 0.4) is 0 Å². The smallest absolute Gasteiger partial charge is 0.338 e. The van der Waals surface area contributed by atoms with E-state index in [4.69, 9.17) is 18.9 Å². The van der Waals surface area contributed by atoms with Gasteiger partial charge in [-0.1, -0.05) is 42.9 Å². The van der Waals surface area contributed by atoms with E-state index < -0.39 is 12.0 Å². The Morgan fingerprint density at radius 1 is 1.10 bits per heavy atom. The maximum atomic E-state index is 13.8. The van der Waals surface area contributed by atoms with E-state index in [1.165, 1.54) is 11.3 Å². The quantitative estimate of drug-likeness (QED) is 0.275. The minimum Gasteiger partial charge on any atom is -0.497 e. The molecule has 0 N–H and O–H groups in total. The first-order valence-electron chi connectivity index (χ1n) is 13.0. The van der Waals surface area contributed by atoms with E-state index in [1.54, 1.807) is 45.6 Å². The molecular formula is C30H34N2O6S. The van der Waals surface area contributed by atoms with Gasteiger partial charge in [-0.3, -0.25) is 9.36 Å². The first-order valence-corrected chi connectivity index (χ1v) is 13.8. The lowest BCUT2D eigenvalue weighted by atomic mass is 9.96. The number of carbonyl (C=O) groups excluding carboxylic acids is 1. The monoisotopic (exact) mass is 550 g/mol. The number of thiazole rings is 1. The summed E-state index contributed by atoms with van der Waals surface area (Å²) < 4.78 is 24.3. The molecule has 39 heavy (non-hydrogen) atoms. The lowest BCUT2D eigenvalue weighted by Gasteiger charge is -2.25. The van der Waals surface area contributed by atoms with E-state index in [9.17, 15) is 9.59 Å². The predicted molar refractivity (Wildman–Crippen MR) is 151 cm³/mol. The lowest BCUT2D eigenvalue weighted by Crippen LogP contribution is -2.40. The number of unbranched alkanes of at least 4 members (excludes halogenated alkanes) is 1. The van der Waals surface area contributed by atoms with Crippen LogP contribution in [0.15, 0.2) is 63.5 Å². The van der Waals surface area contributed by atoms with E-state index in [0.29, 0.717) is 44.5 Å². The number of hydrogen-bond donors (Lipinski definition) is 0. The van der Waals surface area contributed by atoms with Crippen LogP contribution < -0.4 is 29.1 Å². The van der Waals surface area contributed by atoms with Gasteiger partial charge in [0.25, 0.3) is 5.56 Å². The molecule has 0 spiro atoms. The number of hydrogen-bond acceptors (Lipinski definition) is 8. The second kappa shape index (κ2) is 12.3. The average molecular weight is 551 g/mol. The van der Waals surface area contributed by atoms with Crippen LogP contribution in [0.25, 0.3) is 6.08 Å². The Bertz CT molecular complexity index is 1550. The molecule has 4 rings (SSSR count). The molecule has 0 unspecified atom stereocenters. The van der Waals surface area contributed by atoms with Crippen molar-refractivity contribution in [1.29, 1.82) is 0 Å². The van der Waals surface area contributed by atoms with Gasteiger partial charge in [0.15, 0.2) is 16.3 Å². The molecule has 0 saturated heterocycles. The van der Waals surface area contributed by atoms with Crippen molar-refractivity contribution in [1.82, 2.24) is 4.57 Å². The van der Waals surface area contributed by atoms with Crippen molar-refractivity contribution >= 4 is 23.4 Å². The Morgan fingerprint density at radius 2 is 1.85 bits per heavy atom. The van der Waals surface area contributed by atoms with Crippen LogP contribution in [0.2, 0.25) is 0 Å². The number of methoxy groups -OCH3 is 2. The fourth-order valence-electron chi connectivity index (χ4n) is 4.33. The third-order valence-electron chi connectivity index (χ3n) is 6.26. The van der Waals surface area contributed by atoms with Crippen LogP contribution in [0.1, 0.15) is 57.7 Å². The van der Waals surface area contributed by atoms with Crippen LogP contribution in [0, 0.1) is 0 Å². The summed E-state index contributed by atoms with van der Waals surface area (Å²) in [5, 5.41) is 0. The van der Waals surface area contributed by atoms with Crippen molar-refractivity contribution in [2.45, 2.75) is 52.7 Å². The molecule has 0 bridgehead atoms. The van der Waals surface area contributed by atoms with Crippen molar-refractivity contribution < 1.29 is 23.7 Å². The van der Waals surface area contributed by atoms with Gasteiger partial charge in [-0.05, 0) is 68.7 Å². The Morgan fingerprint density at radius 3 is 2.49 bits per heavy atom. The topological polar surface area (TPSA) is 88.4 Å². The summed E-state index contributed by atoms with van der Waals surface area (Å²) in [6, 6.07) is 12.2. The molecule has 0 saturated carbocycles. The molecular weight excluding hydrogens is 516 g/mol. The summed E-state index contributed by atoms with van der Waals surface area (Å²) in [5.74, 6) is 1.44. The van der Waals surface area contributed by atoms with E-state index in [-0.39, 0.29) is 11.7 Å². The van der Waals surface area contributed by atoms with Gasteiger partial charge < -0.3 is 18.9 Å². The molecule has 2 aromatic carbocycles. The minimum absolute atomic E-state index is 0.246. The number of benzene rings is 2. The number of allylic oxidation sites excluding steroid dienone is 1. The molecule has 206 valence electrons. The predicted octanol–water partition coefficient (Wildman–Crippen LogP) is 4.38. The number of aromatic nitrogens is 1. The number of ether oxygens (including phenoxy) is 4. The Hall–Kier alpha value is -3.85. The van der Waals surface area contributed by atoms with Gasteiger partial charge in [-0.15, -0.1) is 0 Å². The average Bonchev–Trinajstić information content (AvgIpc) is 3.22. The van der Waals surface area contributed by atoms with Crippen molar-refractivity contribution in [3.63, 3.8) is 0 Å². The van der Waals surface area contributed by atoms with Crippen molar-refractivity contribution in [3.05, 3.63) is 84.5 Å². The van der Waals surface area contributed by atoms with E-state index in [2.05, 4.69) is 11.9 Å². The number of nitrogens with zero attached hydrogens (tertiary/aromatic N) is 2. The lowest BCUT2D eigenvalue weighted by molar-refractivity contribution is -0.143. The van der Waals surface area contributed by atoms with Crippen molar-refractivity contribution in [2.24, 2.45) is 4.99 Å². The van der Waals surface area contributed by atoms with Crippen molar-refractivity contribution in [2.75, 3.05) is 20.8 Å². The van der Waals surface area contributed by atoms with Gasteiger partial charge in [0, 0.05) is 0 Å². The van der Waals surface area contributed by atoms with Crippen LogP contribution in [-0.4, -0.2) is 37.5 Å². The molecule has 0 radical (unpaired) electrons. The maximum Gasteiger partial charge on any atom is 0.338 e. The number of rotatable bonds is 10. The fraction of sp³-hybridized carbons (Fsp3) is 0.367. The minimum atomic E-state index is -0.690. The van der Waals surface area contributed by atoms with Crippen LogP contribution >= 0.6 is 11.3 Å². The maximum absolute atomic E-state index is 13.8. The molecule has 2 heterocycles. The first kappa shape index (κ1) is 28.2. The van der Waals surface area contributed by atoms with Crippen LogP contribution in [0.5, 0.6) is 17.2 Å². The van der Waals surface area contributed by atoms with E-state index >= 15 is 0 Å². The van der Waals surface area contributed by atoms with Gasteiger partial charge in [-0.2, -0.15) is 0 Å². The molecule has 0 amide bonds. The zero-order valence-corrected chi connectivity index (χ0v) is 24.0. The molecule has 3 aromatic rings. The highest BCUT2D eigenvalue weighted by molar-refractivity contribution is 7.07. The van der Waals surface area contributed by atoms with Crippen LogP contribution in [0.4, 0.5) is 0 Å². The third-order valence-corrected chi connectivity index (χ3v) is 7.24. The molecule has 9 heteroatoms. The van der Waals surface area contributed by atoms with Crippen LogP contribution in [-0.2, 0) is 9.53 Å².